The van der Waals surface area contributed by atoms with E-state index in [0.717, 1.165) is 18.5 Å². The Kier molecular flexibility index (Phi) is 4.32. The molecule has 0 bridgehead atoms. The van der Waals surface area contributed by atoms with Crippen LogP contribution in [0.1, 0.15) is 46.2 Å². The molecule has 0 aromatic carbocycles. The Labute approximate surface area is 104 Å². The zero-order valence-electron chi connectivity index (χ0n) is 11.4. The second-order valence-electron chi connectivity index (χ2n) is 5.06. The Morgan fingerprint density at radius 3 is 2.47 bits per heavy atom. The molecule has 0 aliphatic heterocycles. The van der Waals surface area contributed by atoms with Gasteiger partial charge in [-0.25, -0.2) is 4.98 Å². The lowest BCUT2D eigenvalue weighted by atomic mass is 9.82. The third-order valence-corrected chi connectivity index (χ3v) is 3.26. The lowest BCUT2D eigenvalue weighted by Crippen LogP contribution is -2.33. The number of nitrogens with two attached hydrogens (primary N) is 1. The predicted octanol–water partition coefficient (Wildman–Crippen LogP) is 2.96. The molecule has 0 spiro atoms. The first kappa shape index (κ1) is 13.7. The highest BCUT2D eigenvalue weighted by Crippen LogP contribution is 2.30. The van der Waals surface area contributed by atoms with Gasteiger partial charge in [-0.1, -0.05) is 27.7 Å². The summed E-state index contributed by atoms with van der Waals surface area (Å²) >= 11 is 0. The molecule has 1 rings (SSSR count). The topological polar surface area (TPSA) is 61.0 Å². The number of hydrogen-bond donors (Lipinski definition) is 1. The van der Waals surface area contributed by atoms with E-state index in [1.54, 1.807) is 0 Å². The van der Waals surface area contributed by atoms with Crippen LogP contribution in [-0.4, -0.2) is 16.1 Å². The first-order chi connectivity index (χ1) is 7.89. The van der Waals surface area contributed by atoms with Crippen LogP contribution < -0.4 is 10.5 Å². The third kappa shape index (κ3) is 3.58. The van der Waals surface area contributed by atoms with Crippen LogP contribution >= 0.6 is 0 Å². The highest BCUT2D eigenvalue weighted by Gasteiger charge is 2.28. The molecule has 0 saturated heterocycles. The Bertz CT molecular complexity index is 357. The first-order valence-electron chi connectivity index (χ1n) is 6.16. The van der Waals surface area contributed by atoms with Crippen molar-refractivity contribution in [1.82, 2.24) is 9.97 Å². The number of hydrogen-bond acceptors (Lipinski definition) is 4. The molecule has 17 heavy (non-hydrogen) atoms. The molecule has 0 aliphatic rings. The van der Waals surface area contributed by atoms with Crippen molar-refractivity contribution in [1.29, 1.82) is 0 Å². The van der Waals surface area contributed by atoms with Gasteiger partial charge in [0, 0.05) is 17.2 Å². The monoisotopic (exact) mass is 237 g/mol. The lowest BCUT2D eigenvalue weighted by molar-refractivity contribution is 0.0626. The second kappa shape index (κ2) is 5.34. The van der Waals surface area contributed by atoms with Crippen molar-refractivity contribution >= 4 is 5.95 Å². The van der Waals surface area contributed by atoms with Crippen LogP contribution in [0.5, 0.6) is 5.88 Å². The van der Waals surface area contributed by atoms with Gasteiger partial charge in [0.2, 0.25) is 11.8 Å². The van der Waals surface area contributed by atoms with Crippen LogP contribution in [-0.2, 0) is 0 Å². The van der Waals surface area contributed by atoms with E-state index in [9.17, 15) is 0 Å². The average Bonchev–Trinajstić information content (AvgIpc) is 2.24. The van der Waals surface area contributed by atoms with Crippen molar-refractivity contribution in [2.75, 3.05) is 5.73 Å². The molecule has 0 aliphatic carbocycles. The summed E-state index contributed by atoms with van der Waals surface area (Å²) in [6.45, 7) is 10.6. The van der Waals surface area contributed by atoms with Gasteiger partial charge in [-0.05, 0) is 19.8 Å². The molecule has 0 fully saturated rings. The fourth-order valence-corrected chi connectivity index (χ4v) is 1.79. The summed E-state index contributed by atoms with van der Waals surface area (Å²) < 4.78 is 5.95. The van der Waals surface area contributed by atoms with E-state index < -0.39 is 0 Å². The highest BCUT2D eigenvalue weighted by atomic mass is 16.5. The van der Waals surface area contributed by atoms with Gasteiger partial charge in [0.15, 0.2) is 0 Å². The first-order valence-corrected chi connectivity index (χ1v) is 6.16. The summed E-state index contributed by atoms with van der Waals surface area (Å²) in [4.78, 5) is 8.15. The van der Waals surface area contributed by atoms with Gasteiger partial charge in [-0.3, -0.25) is 0 Å². The van der Waals surface area contributed by atoms with Crippen molar-refractivity contribution in [2.24, 2.45) is 5.41 Å². The van der Waals surface area contributed by atoms with E-state index in [2.05, 4.69) is 37.7 Å². The Hall–Kier alpha value is -1.32. The zero-order valence-corrected chi connectivity index (χ0v) is 11.4. The van der Waals surface area contributed by atoms with Gasteiger partial charge in [-0.15, -0.1) is 0 Å². The van der Waals surface area contributed by atoms with Crippen LogP contribution in [0, 0.1) is 12.3 Å². The van der Waals surface area contributed by atoms with Crippen molar-refractivity contribution in [3.8, 4) is 5.88 Å². The molecule has 0 radical (unpaired) electrons. The molecule has 1 atom stereocenters. The van der Waals surface area contributed by atoms with E-state index in [4.69, 9.17) is 10.5 Å². The Morgan fingerprint density at radius 1 is 1.35 bits per heavy atom. The van der Waals surface area contributed by atoms with Crippen LogP contribution in [0.4, 0.5) is 5.95 Å². The maximum absolute atomic E-state index is 5.95. The minimum atomic E-state index is 0.127. The van der Waals surface area contributed by atoms with E-state index in [1.807, 2.05) is 13.0 Å². The van der Waals surface area contributed by atoms with Crippen molar-refractivity contribution < 1.29 is 4.74 Å². The van der Waals surface area contributed by atoms with Crippen molar-refractivity contribution in [2.45, 2.75) is 53.6 Å². The minimum Gasteiger partial charge on any atom is -0.474 e. The Morgan fingerprint density at radius 2 is 2.00 bits per heavy atom. The third-order valence-electron chi connectivity index (χ3n) is 3.26. The number of aryl methyl sites for hydroxylation is 1. The molecule has 4 nitrogen and oxygen atoms in total. The number of ether oxygens (including phenoxy) is 1. The van der Waals surface area contributed by atoms with Crippen LogP contribution in [0.2, 0.25) is 0 Å². The summed E-state index contributed by atoms with van der Waals surface area (Å²) in [5.41, 5.74) is 6.57. The fourth-order valence-electron chi connectivity index (χ4n) is 1.79. The highest BCUT2D eigenvalue weighted by molar-refractivity contribution is 5.25. The zero-order chi connectivity index (χ0) is 13.1. The van der Waals surface area contributed by atoms with Crippen LogP contribution in [0.3, 0.4) is 0 Å². The number of aromatic nitrogens is 2. The predicted molar refractivity (Wildman–Crippen MR) is 70.0 cm³/mol. The quantitative estimate of drug-likeness (QED) is 0.855. The fraction of sp³-hybridized carbons (Fsp3) is 0.692. The van der Waals surface area contributed by atoms with Crippen molar-refractivity contribution in [3.63, 3.8) is 0 Å². The molecule has 1 unspecified atom stereocenters. The average molecular weight is 237 g/mol. The van der Waals surface area contributed by atoms with Crippen LogP contribution in [0.15, 0.2) is 6.07 Å². The van der Waals surface area contributed by atoms with Crippen LogP contribution in [0.25, 0.3) is 0 Å². The van der Waals surface area contributed by atoms with E-state index >= 15 is 0 Å². The molecule has 4 heteroatoms. The molecule has 1 heterocycles. The number of nitrogen functional groups attached to an aromatic ring is 1. The maximum atomic E-state index is 5.95. The summed E-state index contributed by atoms with van der Waals surface area (Å²) in [5, 5.41) is 0. The lowest BCUT2D eigenvalue weighted by Gasteiger charge is -2.32. The number of nitrogens with zero attached hydrogens (tertiary/aromatic N) is 2. The molecule has 1 aromatic heterocycles. The normalized spacial score (nSPS) is 13.5. The van der Waals surface area contributed by atoms with Gasteiger partial charge >= 0.3 is 0 Å². The van der Waals surface area contributed by atoms with E-state index in [0.29, 0.717) is 5.88 Å². The summed E-state index contributed by atoms with van der Waals surface area (Å²) in [7, 11) is 0. The van der Waals surface area contributed by atoms with Gasteiger partial charge in [0.1, 0.15) is 6.10 Å². The summed E-state index contributed by atoms with van der Waals surface area (Å²) in [6.07, 6.45) is 2.15. The van der Waals surface area contributed by atoms with E-state index in [1.165, 1.54) is 0 Å². The molecule has 2 N–H and O–H groups in total. The molecular formula is C13H23N3O. The van der Waals surface area contributed by atoms with Crippen molar-refractivity contribution in [3.05, 3.63) is 11.8 Å². The van der Waals surface area contributed by atoms with Gasteiger partial charge in [0.25, 0.3) is 0 Å². The van der Waals surface area contributed by atoms with E-state index in [-0.39, 0.29) is 17.5 Å². The summed E-state index contributed by atoms with van der Waals surface area (Å²) in [5.74, 6) is 0.840. The van der Waals surface area contributed by atoms with Gasteiger partial charge in [-0.2, -0.15) is 4.98 Å². The second-order valence-corrected chi connectivity index (χ2v) is 5.06. The maximum Gasteiger partial charge on any atom is 0.223 e. The molecule has 0 saturated carbocycles. The molecule has 0 amide bonds. The number of rotatable bonds is 5. The Balaban J connectivity index is 2.88. The molecule has 1 aromatic rings. The number of anilines is 1. The smallest absolute Gasteiger partial charge is 0.223 e. The molecular weight excluding hydrogens is 214 g/mol. The minimum absolute atomic E-state index is 0.127. The standard InChI is InChI=1S/C13H23N3O/c1-6-10(13(4,5)7-2)17-11-8-9(3)15-12(14)16-11/h8,10H,6-7H2,1-5H3,(H2,14,15,16). The largest absolute Gasteiger partial charge is 0.474 e. The molecule has 96 valence electrons. The van der Waals surface area contributed by atoms with Gasteiger partial charge < -0.3 is 10.5 Å². The SMILES string of the molecule is CCC(Oc1cc(C)nc(N)n1)C(C)(C)CC. The summed E-state index contributed by atoms with van der Waals surface area (Å²) in [6, 6.07) is 1.82. The van der Waals surface area contributed by atoms with Gasteiger partial charge in [0.05, 0.1) is 0 Å².